The fourth-order valence-corrected chi connectivity index (χ4v) is 4.25. The molecule has 2 amide bonds. The number of aryl methyl sites for hydroxylation is 1. The molecule has 0 saturated carbocycles. The Bertz CT molecular complexity index is 808. The largest absolute Gasteiger partial charge is 0.369 e. The van der Waals surface area contributed by atoms with Crippen molar-refractivity contribution in [2.75, 3.05) is 13.1 Å². The molecule has 0 radical (unpaired) electrons. The summed E-state index contributed by atoms with van der Waals surface area (Å²) in [5.74, 6) is 0.251. The van der Waals surface area contributed by atoms with E-state index in [1.807, 2.05) is 36.6 Å². The third kappa shape index (κ3) is 4.68. The van der Waals surface area contributed by atoms with E-state index in [1.54, 1.807) is 4.90 Å². The SMILES string of the molecule is Cc1nnc(SC(C)C(=O)N2CCCC(C(N)=O)C2)n1Cc1ccccc1. The number of carbonyl (C=O) groups excluding carboxylic acids is 2. The average Bonchev–Trinajstić information content (AvgIpc) is 3.01. The Kier molecular flexibility index (Phi) is 6.15. The number of piperidine rings is 1. The molecule has 2 N–H and O–H groups in total. The molecule has 0 aliphatic carbocycles. The lowest BCUT2D eigenvalue weighted by Crippen LogP contribution is -2.46. The molecular formula is C19H25N5O2S. The number of nitrogens with zero attached hydrogens (tertiary/aromatic N) is 4. The summed E-state index contributed by atoms with van der Waals surface area (Å²) in [6.45, 7) is 5.53. The van der Waals surface area contributed by atoms with Gasteiger partial charge in [-0.25, -0.2) is 0 Å². The molecule has 0 spiro atoms. The van der Waals surface area contributed by atoms with Crippen LogP contribution in [0.4, 0.5) is 0 Å². The molecule has 8 heteroatoms. The van der Waals surface area contributed by atoms with Crippen molar-refractivity contribution in [2.45, 2.75) is 43.6 Å². The number of nitrogens with two attached hydrogens (primary N) is 1. The second kappa shape index (κ2) is 8.56. The highest BCUT2D eigenvalue weighted by atomic mass is 32.2. The molecule has 1 saturated heterocycles. The normalized spacial score (nSPS) is 18.3. The maximum Gasteiger partial charge on any atom is 0.235 e. The molecule has 2 aromatic rings. The van der Waals surface area contributed by atoms with Gasteiger partial charge in [0.2, 0.25) is 11.8 Å². The highest BCUT2D eigenvalue weighted by Crippen LogP contribution is 2.26. The van der Waals surface area contributed by atoms with E-state index in [-0.39, 0.29) is 23.0 Å². The fraction of sp³-hybridized carbons (Fsp3) is 0.474. The van der Waals surface area contributed by atoms with Crippen LogP contribution in [0.3, 0.4) is 0 Å². The predicted molar refractivity (Wildman–Crippen MR) is 104 cm³/mol. The molecule has 1 aromatic heterocycles. The van der Waals surface area contributed by atoms with Crippen LogP contribution < -0.4 is 5.73 Å². The van der Waals surface area contributed by atoms with Gasteiger partial charge >= 0.3 is 0 Å². The molecular weight excluding hydrogens is 362 g/mol. The second-order valence-electron chi connectivity index (χ2n) is 6.89. The molecule has 1 aliphatic heterocycles. The standard InChI is InChI=1S/C19H25N5O2S/c1-13(18(26)23-10-6-9-16(12-23)17(20)25)27-19-22-21-14(2)24(19)11-15-7-4-3-5-8-15/h3-5,7-8,13,16H,6,9-12H2,1-2H3,(H2,20,25). The van der Waals surface area contributed by atoms with Crippen LogP contribution in [0.15, 0.2) is 35.5 Å². The fourth-order valence-electron chi connectivity index (χ4n) is 3.27. The van der Waals surface area contributed by atoms with E-state index in [0.29, 0.717) is 19.6 Å². The van der Waals surface area contributed by atoms with E-state index < -0.39 is 0 Å². The van der Waals surface area contributed by atoms with Gasteiger partial charge in [0.05, 0.1) is 17.7 Å². The van der Waals surface area contributed by atoms with E-state index in [1.165, 1.54) is 11.8 Å². The van der Waals surface area contributed by atoms with Crippen LogP contribution in [0.25, 0.3) is 0 Å². The summed E-state index contributed by atoms with van der Waals surface area (Å²) in [7, 11) is 0. The molecule has 27 heavy (non-hydrogen) atoms. The zero-order chi connectivity index (χ0) is 19.4. The minimum Gasteiger partial charge on any atom is -0.369 e. The van der Waals surface area contributed by atoms with Crippen LogP contribution in [-0.4, -0.2) is 49.8 Å². The van der Waals surface area contributed by atoms with Crippen LogP contribution in [0, 0.1) is 12.8 Å². The molecule has 1 aliphatic rings. The maximum atomic E-state index is 12.8. The van der Waals surface area contributed by atoms with Crippen molar-refractivity contribution >= 4 is 23.6 Å². The number of thioether (sulfide) groups is 1. The maximum absolute atomic E-state index is 12.8. The van der Waals surface area contributed by atoms with E-state index in [4.69, 9.17) is 5.73 Å². The van der Waals surface area contributed by atoms with Crippen molar-refractivity contribution in [3.63, 3.8) is 0 Å². The van der Waals surface area contributed by atoms with Crippen molar-refractivity contribution in [3.05, 3.63) is 41.7 Å². The minimum atomic E-state index is -0.328. The van der Waals surface area contributed by atoms with Gasteiger partial charge in [0.15, 0.2) is 5.16 Å². The highest BCUT2D eigenvalue weighted by Gasteiger charge is 2.30. The van der Waals surface area contributed by atoms with Gasteiger partial charge < -0.3 is 15.2 Å². The molecule has 7 nitrogen and oxygen atoms in total. The first-order valence-electron chi connectivity index (χ1n) is 9.14. The number of amides is 2. The molecule has 3 rings (SSSR count). The van der Waals surface area contributed by atoms with Crippen molar-refractivity contribution in [3.8, 4) is 0 Å². The van der Waals surface area contributed by atoms with Crippen molar-refractivity contribution in [2.24, 2.45) is 11.7 Å². The van der Waals surface area contributed by atoms with Crippen LogP contribution in [0.1, 0.15) is 31.2 Å². The Hall–Kier alpha value is -2.35. The van der Waals surface area contributed by atoms with E-state index in [0.717, 1.165) is 29.4 Å². The quantitative estimate of drug-likeness (QED) is 0.763. The summed E-state index contributed by atoms with van der Waals surface area (Å²) in [5, 5.41) is 8.85. The van der Waals surface area contributed by atoms with E-state index >= 15 is 0 Å². The number of aromatic nitrogens is 3. The zero-order valence-electron chi connectivity index (χ0n) is 15.7. The third-order valence-electron chi connectivity index (χ3n) is 4.85. The zero-order valence-corrected chi connectivity index (χ0v) is 16.5. The Morgan fingerprint density at radius 1 is 1.30 bits per heavy atom. The van der Waals surface area contributed by atoms with E-state index in [9.17, 15) is 9.59 Å². The topological polar surface area (TPSA) is 94.1 Å². The Morgan fingerprint density at radius 3 is 2.74 bits per heavy atom. The lowest BCUT2D eigenvalue weighted by atomic mass is 9.97. The summed E-state index contributed by atoms with van der Waals surface area (Å²) in [5.41, 5.74) is 6.58. The highest BCUT2D eigenvalue weighted by molar-refractivity contribution is 8.00. The first-order chi connectivity index (χ1) is 13.0. The Morgan fingerprint density at radius 2 is 2.04 bits per heavy atom. The summed E-state index contributed by atoms with van der Waals surface area (Å²) in [4.78, 5) is 26.1. The first kappa shape index (κ1) is 19.4. The lowest BCUT2D eigenvalue weighted by Gasteiger charge is -2.32. The predicted octanol–water partition coefficient (Wildman–Crippen LogP) is 1.84. The van der Waals surface area contributed by atoms with Crippen LogP contribution in [-0.2, 0) is 16.1 Å². The number of hydrogen-bond donors (Lipinski definition) is 1. The van der Waals surface area contributed by atoms with Crippen LogP contribution >= 0.6 is 11.8 Å². The number of rotatable bonds is 6. The van der Waals surface area contributed by atoms with Crippen molar-refractivity contribution in [1.82, 2.24) is 19.7 Å². The van der Waals surface area contributed by atoms with Gasteiger partial charge in [0.1, 0.15) is 5.82 Å². The summed E-state index contributed by atoms with van der Waals surface area (Å²) in [6.07, 6.45) is 1.56. The number of benzene rings is 1. The van der Waals surface area contributed by atoms with Gasteiger partial charge in [-0.15, -0.1) is 10.2 Å². The van der Waals surface area contributed by atoms with E-state index in [2.05, 4.69) is 22.3 Å². The van der Waals surface area contributed by atoms with Gasteiger partial charge in [-0.05, 0) is 32.3 Å². The summed E-state index contributed by atoms with van der Waals surface area (Å²) >= 11 is 1.40. The number of hydrogen-bond acceptors (Lipinski definition) is 5. The summed E-state index contributed by atoms with van der Waals surface area (Å²) < 4.78 is 2.02. The Balaban J connectivity index is 1.68. The number of primary amides is 1. The molecule has 1 fully saturated rings. The average molecular weight is 388 g/mol. The Labute approximate surface area is 163 Å². The minimum absolute atomic E-state index is 0.0119. The molecule has 0 bridgehead atoms. The van der Waals surface area contributed by atoms with Gasteiger partial charge in [0, 0.05) is 13.1 Å². The molecule has 144 valence electrons. The first-order valence-corrected chi connectivity index (χ1v) is 10.0. The third-order valence-corrected chi connectivity index (χ3v) is 5.92. The molecule has 2 atom stereocenters. The number of carbonyl (C=O) groups is 2. The monoisotopic (exact) mass is 387 g/mol. The van der Waals surface area contributed by atoms with Gasteiger partial charge in [-0.2, -0.15) is 0 Å². The van der Waals surface area contributed by atoms with Crippen LogP contribution in [0.5, 0.6) is 0 Å². The molecule has 2 heterocycles. The van der Waals surface area contributed by atoms with Gasteiger partial charge in [-0.1, -0.05) is 42.1 Å². The van der Waals surface area contributed by atoms with Crippen LogP contribution in [0.2, 0.25) is 0 Å². The molecule has 2 unspecified atom stereocenters. The van der Waals surface area contributed by atoms with Crippen molar-refractivity contribution in [1.29, 1.82) is 0 Å². The smallest absolute Gasteiger partial charge is 0.235 e. The van der Waals surface area contributed by atoms with Gasteiger partial charge in [-0.3, -0.25) is 9.59 Å². The summed E-state index contributed by atoms with van der Waals surface area (Å²) in [6, 6.07) is 10.1. The van der Waals surface area contributed by atoms with Gasteiger partial charge in [0.25, 0.3) is 0 Å². The molecule has 1 aromatic carbocycles. The lowest BCUT2D eigenvalue weighted by molar-refractivity contribution is -0.134. The van der Waals surface area contributed by atoms with Crippen molar-refractivity contribution < 1.29 is 9.59 Å². The number of likely N-dealkylation sites (tertiary alicyclic amines) is 1. The second-order valence-corrected chi connectivity index (χ2v) is 8.20.